The molecule has 0 spiro atoms. The second-order valence-corrected chi connectivity index (χ2v) is 8.96. The summed E-state index contributed by atoms with van der Waals surface area (Å²) in [7, 11) is 0. The van der Waals surface area contributed by atoms with Crippen LogP contribution in [0, 0.1) is 0 Å². The fourth-order valence-electron chi connectivity index (χ4n) is 2.06. The molecule has 0 saturated carbocycles. The second-order valence-electron chi connectivity index (χ2n) is 6.10. The standard InChI is InChI=1S/C16H22BrNO3S/c1-5-6-13(18-22(19)16(2,3)4)11-9-12(17)15-14(10-11)20-7-8-21-15/h5,9-10,13,18H,1,6-8H2,2-4H3/t13-,22-/m0/s1. The van der Waals surface area contributed by atoms with Crippen molar-refractivity contribution in [3.05, 3.63) is 34.8 Å². The molecule has 1 aliphatic heterocycles. The minimum atomic E-state index is -1.16. The van der Waals surface area contributed by atoms with E-state index in [4.69, 9.17) is 9.47 Å². The minimum Gasteiger partial charge on any atom is -0.598 e. The van der Waals surface area contributed by atoms with Crippen LogP contribution in [0.25, 0.3) is 0 Å². The van der Waals surface area contributed by atoms with Gasteiger partial charge in [0.15, 0.2) is 11.5 Å². The molecule has 0 fully saturated rings. The zero-order valence-corrected chi connectivity index (χ0v) is 15.6. The Bertz CT molecular complexity index is 545. The van der Waals surface area contributed by atoms with Gasteiger partial charge >= 0.3 is 0 Å². The average molecular weight is 388 g/mol. The van der Waals surface area contributed by atoms with Crippen molar-refractivity contribution in [1.82, 2.24) is 4.72 Å². The first kappa shape index (κ1) is 17.7. The van der Waals surface area contributed by atoms with E-state index in [0.29, 0.717) is 25.4 Å². The van der Waals surface area contributed by atoms with Gasteiger partial charge in [-0.15, -0.1) is 11.3 Å². The van der Waals surface area contributed by atoms with E-state index < -0.39 is 11.4 Å². The van der Waals surface area contributed by atoms with Crippen molar-refractivity contribution in [1.29, 1.82) is 0 Å². The Morgan fingerprint density at radius 3 is 2.73 bits per heavy atom. The first-order valence-corrected chi connectivity index (χ1v) is 9.15. The summed E-state index contributed by atoms with van der Waals surface area (Å²) in [6.45, 7) is 10.7. The van der Waals surface area contributed by atoms with Crippen molar-refractivity contribution < 1.29 is 14.0 Å². The van der Waals surface area contributed by atoms with Crippen LogP contribution in [0.5, 0.6) is 11.5 Å². The van der Waals surface area contributed by atoms with Crippen LogP contribution >= 0.6 is 15.9 Å². The number of benzene rings is 1. The molecule has 6 heteroatoms. The van der Waals surface area contributed by atoms with Gasteiger partial charge in [0.25, 0.3) is 0 Å². The third kappa shape index (κ3) is 4.19. The number of hydrogen-bond acceptors (Lipinski definition) is 4. The largest absolute Gasteiger partial charge is 0.598 e. The monoisotopic (exact) mass is 387 g/mol. The normalized spacial score (nSPS) is 17.0. The lowest BCUT2D eigenvalue weighted by molar-refractivity contribution is 0.170. The molecule has 22 heavy (non-hydrogen) atoms. The minimum absolute atomic E-state index is 0.0929. The number of rotatable bonds is 5. The van der Waals surface area contributed by atoms with Crippen LogP contribution < -0.4 is 14.2 Å². The topological polar surface area (TPSA) is 53.5 Å². The van der Waals surface area contributed by atoms with E-state index in [1.165, 1.54) is 0 Å². The van der Waals surface area contributed by atoms with Gasteiger partial charge in [0, 0.05) is 11.4 Å². The molecule has 0 saturated heterocycles. The Balaban J connectivity index is 2.28. The summed E-state index contributed by atoms with van der Waals surface area (Å²) in [5.74, 6) is 1.44. The fraction of sp³-hybridized carbons (Fsp3) is 0.500. The molecule has 1 N–H and O–H groups in total. The van der Waals surface area contributed by atoms with Crippen LogP contribution in [-0.4, -0.2) is 22.5 Å². The SMILES string of the molecule is C=CC[C@H](N[S@@+]([O-])C(C)(C)C)c1cc(Br)c2c(c1)OCCO2. The van der Waals surface area contributed by atoms with Gasteiger partial charge in [-0.1, -0.05) is 6.08 Å². The second kappa shape index (κ2) is 7.25. The van der Waals surface area contributed by atoms with Crippen molar-refractivity contribution in [2.75, 3.05) is 13.2 Å². The summed E-state index contributed by atoms with van der Waals surface area (Å²) in [5, 5.41) is 0. The molecule has 2 rings (SSSR count). The molecule has 4 nitrogen and oxygen atoms in total. The highest BCUT2D eigenvalue weighted by atomic mass is 79.9. The summed E-state index contributed by atoms with van der Waals surface area (Å²) >= 11 is 2.36. The Labute approximate surface area is 143 Å². The van der Waals surface area contributed by atoms with E-state index in [-0.39, 0.29) is 10.8 Å². The number of halogens is 1. The molecule has 1 aliphatic rings. The first-order valence-electron chi connectivity index (χ1n) is 7.21. The van der Waals surface area contributed by atoms with E-state index in [9.17, 15) is 4.55 Å². The van der Waals surface area contributed by atoms with Gasteiger partial charge in [0.2, 0.25) is 0 Å². The van der Waals surface area contributed by atoms with E-state index in [1.54, 1.807) is 0 Å². The molecule has 0 unspecified atom stereocenters. The van der Waals surface area contributed by atoms with Crippen LogP contribution in [0.1, 0.15) is 38.8 Å². The van der Waals surface area contributed by atoms with Crippen molar-refractivity contribution in [2.45, 2.75) is 38.0 Å². The lowest BCUT2D eigenvalue weighted by Crippen LogP contribution is -2.41. The Morgan fingerprint density at radius 1 is 1.41 bits per heavy atom. The van der Waals surface area contributed by atoms with Gasteiger partial charge < -0.3 is 14.0 Å². The van der Waals surface area contributed by atoms with Crippen LogP contribution in [-0.2, 0) is 11.4 Å². The molecule has 0 aromatic heterocycles. The zero-order valence-electron chi connectivity index (χ0n) is 13.1. The lowest BCUT2D eigenvalue weighted by Gasteiger charge is -2.28. The maximum absolute atomic E-state index is 12.4. The molecule has 2 atom stereocenters. The maximum Gasteiger partial charge on any atom is 0.175 e. The Hall–Kier alpha value is -0.690. The third-order valence-electron chi connectivity index (χ3n) is 3.23. The van der Waals surface area contributed by atoms with Gasteiger partial charge in [-0.3, -0.25) is 0 Å². The van der Waals surface area contributed by atoms with Gasteiger partial charge in [-0.2, -0.15) is 0 Å². The fourth-order valence-corrected chi connectivity index (χ4v) is 3.48. The molecule has 0 radical (unpaired) electrons. The van der Waals surface area contributed by atoms with E-state index >= 15 is 0 Å². The molecule has 0 aliphatic carbocycles. The van der Waals surface area contributed by atoms with Crippen molar-refractivity contribution in [2.24, 2.45) is 0 Å². The molecule has 1 heterocycles. The summed E-state index contributed by atoms with van der Waals surface area (Å²) in [6, 6.07) is 3.83. The van der Waals surface area contributed by atoms with Crippen molar-refractivity contribution in [3.8, 4) is 11.5 Å². The molecule has 122 valence electrons. The predicted molar refractivity (Wildman–Crippen MR) is 93.7 cm³/mol. The summed E-state index contributed by atoms with van der Waals surface area (Å²) in [5.41, 5.74) is 0.994. The van der Waals surface area contributed by atoms with Crippen molar-refractivity contribution in [3.63, 3.8) is 0 Å². The van der Waals surface area contributed by atoms with Crippen LogP contribution in [0.15, 0.2) is 29.3 Å². The van der Waals surface area contributed by atoms with Gasteiger partial charge in [-0.05, 0) is 60.8 Å². The Kier molecular flexibility index (Phi) is 5.82. The van der Waals surface area contributed by atoms with Crippen LogP contribution in [0.3, 0.4) is 0 Å². The molecular formula is C16H22BrNO3S. The highest BCUT2D eigenvalue weighted by Crippen LogP contribution is 2.40. The lowest BCUT2D eigenvalue weighted by atomic mass is 10.0. The molecule has 1 aromatic rings. The number of nitrogens with one attached hydrogen (secondary N) is 1. The number of ether oxygens (including phenoxy) is 2. The summed E-state index contributed by atoms with van der Waals surface area (Å²) in [4.78, 5) is 0. The number of hydrogen-bond donors (Lipinski definition) is 1. The molecular weight excluding hydrogens is 366 g/mol. The quantitative estimate of drug-likeness (QED) is 0.614. The highest BCUT2D eigenvalue weighted by molar-refractivity contribution is 9.10. The third-order valence-corrected chi connectivity index (χ3v) is 5.43. The Morgan fingerprint density at radius 2 is 2.09 bits per heavy atom. The van der Waals surface area contributed by atoms with Gasteiger partial charge in [-0.25, -0.2) is 0 Å². The van der Waals surface area contributed by atoms with Crippen LogP contribution in [0.2, 0.25) is 0 Å². The van der Waals surface area contributed by atoms with Crippen molar-refractivity contribution >= 4 is 27.3 Å². The summed E-state index contributed by atoms with van der Waals surface area (Å²) < 4.78 is 27.4. The molecule has 1 aromatic carbocycles. The number of fused-ring (bicyclic) bond motifs is 1. The predicted octanol–water partition coefficient (Wildman–Crippen LogP) is 3.89. The first-order chi connectivity index (χ1) is 10.3. The van der Waals surface area contributed by atoms with E-state index in [0.717, 1.165) is 15.8 Å². The van der Waals surface area contributed by atoms with Gasteiger partial charge in [0.05, 0.1) is 10.5 Å². The highest BCUT2D eigenvalue weighted by Gasteiger charge is 2.30. The molecule has 0 bridgehead atoms. The zero-order chi connectivity index (χ0) is 16.3. The summed E-state index contributed by atoms with van der Waals surface area (Å²) in [6.07, 6.45) is 2.50. The average Bonchev–Trinajstić information content (AvgIpc) is 2.45. The maximum atomic E-state index is 12.4. The molecule has 0 amide bonds. The van der Waals surface area contributed by atoms with Crippen LogP contribution in [0.4, 0.5) is 0 Å². The smallest absolute Gasteiger partial charge is 0.175 e. The van der Waals surface area contributed by atoms with E-state index in [1.807, 2.05) is 39.0 Å². The van der Waals surface area contributed by atoms with E-state index in [2.05, 4.69) is 27.2 Å². The van der Waals surface area contributed by atoms with Gasteiger partial charge in [0.1, 0.15) is 18.0 Å².